The van der Waals surface area contributed by atoms with Gasteiger partial charge in [-0.05, 0) is 43.7 Å². The van der Waals surface area contributed by atoms with Gasteiger partial charge in [-0.2, -0.15) is 0 Å². The Morgan fingerprint density at radius 2 is 1.75 bits per heavy atom. The number of hydrogen-bond donors (Lipinski definition) is 1. The van der Waals surface area contributed by atoms with Crippen LogP contribution >= 0.6 is 0 Å². The van der Waals surface area contributed by atoms with Crippen LogP contribution < -0.4 is 10.0 Å². The molecule has 0 spiro atoms. The minimum absolute atomic E-state index is 0.281. The summed E-state index contributed by atoms with van der Waals surface area (Å²) in [7, 11) is -3.57. The molecule has 0 aliphatic heterocycles. The van der Waals surface area contributed by atoms with Crippen LogP contribution in [0.1, 0.15) is 12.5 Å². The molecule has 0 radical (unpaired) electrons. The van der Waals surface area contributed by atoms with Gasteiger partial charge in [0, 0.05) is 12.2 Å². The third kappa shape index (κ3) is 2.63. The summed E-state index contributed by atoms with van der Waals surface area (Å²) in [6, 6.07) is 13.7. The molecule has 0 saturated carbocycles. The van der Waals surface area contributed by atoms with Gasteiger partial charge in [0.25, 0.3) is 10.0 Å². The van der Waals surface area contributed by atoms with Crippen molar-refractivity contribution in [3.63, 3.8) is 0 Å². The maximum absolute atomic E-state index is 12.7. The van der Waals surface area contributed by atoms with Crippen LogP contribution in [0, 0.1) is 6.92 Å². The van der Waals surface area contributed by atoms with Crippen molar-refractivity contribution in [1.82, 2.24) is 0 Å². The summed E-state index contributed by atoms with van der Waals surface area (Å²) in [4.78, 5) is 0.281. The fourth-order valence-corrected chi connectivity index (χ4v) is 3.64. The minimum Gasteiger partial charge on any atom is -0.399 e. The molecule has 5 heteroatoms. The number of rotatable bonds is 4. The van der Waals surface area contributed by atoms with Crippen LogP contribution in [0.25, 0.3) is 0 Å². The normalized spacial score (nSPS) is 11.3. The standard InChI is InChI=1S/C15H18N2O2S/c1-3-17(15-11-13(16)10-9-12(15)2)20(18,19)14-7-5-4-6-8-14/h4-11H,3,16H2,1-2H3. The third-order valence-corrected chi connectivity index (χ3v) is 5.02. The van der Waals surface area contributed by atoms with E-state index in [-0.39, 0.29) is 4.90 Å². The molecule has 0 aromatic heterocycles. The van der Waals surface area contributed by atoms with Crippen LogP contribution in [-0.2, 0) is 10.0 Å². The maximum atomic E-state index is 12.7. The van der Waals surface area contributed by atoms with E-state index >= 15 is 0 Å². The second kappa shape index (κ2) is 5.54. The van der Waals surface area contributed by atoms with Gasteiger partial charge in [0.1, 0.15) is 0 Å². The molecular weight excluding hydrogens is 272 g/mol. The first-order chi connectivity index (χ1) is 9.46. The number of hydrogen-bond acceptors (Lipinski definition) is 3. The Hall–Kier alpha value is -2.01. The number of benzene rings is 2. The van der Waals surface area contributed by atoms with E-state index in [1.165, 1.54) is 4.31 Å². The molecule has 0 atom stereocenters. The van der Waals surface area contributed by atoms with Crippen molar-refractivity contribution in [2.24, 2.45) is 0 Å². The molecule has 0 bridgehead atoms. The molecule has 20 heavy (non-hydrogen) atoms. The van der Waals surface area contributed by atoms with E-state index in [4.69, 9.17) is 5.73 Å². The summed E-state index contributed by atoms with van der Waals surface area (Å²) in [5.74, 6) is 0. The van der Waals surface area contributed by atoms with Gasteiger partial charge >= 0.3 is 0 Å². The smallest absolute Gasteiger partial charge is 0.264 e. The fraction of sp³-hybridized carbons (Fsp3) is 0.200. The zero-order chi connectivity index (χ0) is 14.8. The Kier molecular flexibility index (Phi) is 3.99. The molecular formula is C15H18N2O2S. The average Bonchev–Trinajstić information content (AvgIpc) is 2.44. The Morgan fingerprint density at radius 1 is 1.10 bits per heavy atom. The van der Waals surface area contributed by atoms with E-state index in [0.29, 0.717) is 17.9 Å². The van der Waals surface area contributed by atoms with Gasteiger partial charge in [0.15, 0.2) is 0 Å². The van der Waals surface area contributed by atoms with Crippen molar-refractivity contribution in [3.05, 3.63) is 54.1 Å². The molecule has 0 amide bonds. The van der Waals surface area contributed by atoms with Gasteiger partial charge in [-0.15, -0.1) is 0 Å². The summed E-state index contributed by atoms with van der Waals surface area (Å²) in [5.41, 5.74) is 7.83. The predicted octanol–water partition coefficient (Wildman–Crippen LogP) is 2.79. The molecule has 0 fully saturated rings. The quantitative estimate of drug-likeness (QED) is 0.881. The van der Waals surface area contributed by atoms with Gasteiger partial charge in [-0.25, -0.2) is 8.42 Å². The van der Waals surface area contributed by atoms with Crippen molar-refractivity contribution in [2.75, 3.05) is 16.6 Å². The fourth-order valence-electron chi connectivity index (χ4n) is 2.08. The van der Waals surface area contributed by atoms with Crippen LogP contribution in [0.4, 0.5) is 11.4 Å². The van der Waals surface area contributed by atoms with Crippen molar-refractivity contribution < 1.29 is 8.42 Å². The van der Waals surface area contributed by atoms with Crippen molar-refractivity contribution in [1.29, 1.82) is 0 Å². The van der Waals surface area contributed by atoms with Crippen LogP contribution in [0.5, 0.6) is 0 Å². The predicted molar refractivity (Wildman–Crippen MR) is 82.2 cm³/mol. The van der Waals surface area contributed by atoms with E-state index in [1.54, 1.807) is 42.5 Å². The number of aryl methyl sites for hydroxylation is 1. The van der Waals surface area contributed by atoms with Gasteiger partial charge in [-0.3, -0.25) is 4.31 Å². The van der Waals surface area contributed by atoms with Gasteiger partial charge in [0.2, 0.25) is 0 Å². The van der Waals surface area contributed by atoms with Gasteiger partial charge in [-0.1, -0.05) is 24.3 Å². The molecule has 0 aliphatic rings. The summed E-state index contributed by atoms with van der Waals surface area (Å²) in [5, 5.41) is 0. The number of nitrogens with two attached hydrogens (primary N) is 1. The molecule has 2 N–H and O–H groups in total. The lowest BCUT2D eigenvalue weighted by Gasteiger charge is -2.24. The van der Waals surface area contributed by atoms with Gasteiger partial charge < -0.3 is 5.73 Å². The Bertz CT molecular complexity index is 697. The summed E-state index contributed by atoms with van der Waals surface area (Å²) < 4.78 is 26.8. The highest BCUT2D eigenvalue weighted by Gasteiger charge is 2.24. The molecule has 0 aliphatic carbocycles. The zero-order valence-electron chi connectivity index (χ0n) is 11.6. The van der Waals surface area contributed by atoms with Crippen LogP contribution in [-0.4, -0.2) is 15.0 Å². The summed E-state index contributed by atoms with van der Waals surface area (Å²) >= 11 is 0. The number of sulfonamides is 1. The maximum Gasteiger partial charge on any atom is 0.264 e. The van der Waals surface area contributed by atoms with E-state index in [2.05, 4.69) is 0 Å². The van der Waals surface area contributed by atoms with Crippen molar-refractivity contribution >= 4 is 21.4 Å². The Balaban J connectivity index is 2.55. The molecule has 2 aromatic rings. The summed E-state index contributed by atoms with van der Waals surface area (Å²) in [6.45, 7) is 4.03. The summed E-state index contributed by atoms with van der Waals surface area (Å²) in [6.07, 6.45) is 0. The SMILES string of the molecule is CCN(c1cc(N)ccc1C)S(=O)(=O)c1ccccc1. The molecule has 0 saturated heterocycles. The Labute approximate surface area is 119 Å². The number of anilines is 2. The lowest BCUT2D eigenvalue weighted by atomic mass is 10.2. The largest absolute Gasteiger partial charge is 0.399 e. The lowest BCUT2D eigenvalue weighted by Crippen LogP contribution is -2.31. The van der Waals surface area contributed by atoms with Crippen LogP contribution in [0.15, 0.2) is 53.4 Å². The highest BCUT2D eigenvalue weighted by Crippen LogP contribution is 2.28. The van der Waals surface area contributed by atoms with Crippen molar-refractivity contribution in [3.8, 4) is 0 Å². The first-order valence-electron chi connectivity index (χ1n) is 6.40. The van der Waals surface area contributed by atoms with E-state index < -0.39 is 10.0 Å². The minimum atomic E-state index is -3.57. The molecule has 106 valence electrons. The van der Waals surface area contributed by atoms with Crippen LogP contribution in [0.3, 0.4) is 0 Å². The molecule has 2 aromatic carbocycles. The first-order valence-corrected chi connectivity index (χ1v) is 7.84. The first kappa shape index (κ1) is 14.4. The second-order valence-electron chi connectivity index (χ2n) is 4.53. The third-order valence-electron chi connectivity index (χ3n) is 3.12. The topological polar surface area (TPSA) is 63.4 Å². The van der Waals surface area contributed by atoms with Gasteiger partial charge in [0.05, 0.1) is 10.6 Å². The molecule has 2 rings (SSSR count). The number of nitrogens with zero attached hydrogens (tertiary/aromatic N) is 1. The van der Waals surface area contributed by atoms with Crippen molar-refractivity contribution in [2.45, 2.75) is 18.7 Å². The lowest BCUT2D eigenvalue weighted by molar-refractivity contribution is 0.592. The van der Waals surface area contributed by atoms with E-state index in [9.17, 15) is 8.42 Å². The van der Waals surface area contributed by atoms with E-state index in [1.807, 2.05) is 19.9 Å². The molecule has 4 nitrogen and oxygen atoms in total. The Morgan fingerprint density at radius 3 is 2.35 bits per heavy atom. The monoisotopic (exact) mass is 290 g/mol. The highest BCUT2D eigenvalue weighted by molar-refractivity contribution is 7.92. The molecule has 0 unspecified atom stereocenters. The number of nitrogen functional groups attached to an aromatic ring is 1. The average molecular weight is 290 g/mol. The van der Waals surface area contributed by atoms with Crippen LogP contribution in [0.2, 0.25) is 0 Å². The highest BCUT2D eigenvalue weighted by atomic mass is 32.2. The zero-order valence-corrected chi connectivity index (χ0v) is 12.4. The second-order valence-corrected chi connectivity index (χ2v) is 6.39. The van der Waals surface area contributed by atoms with E-state index in [0.717, 1.165) is 5.56 Å². The molecule has 0 heterocycles.